The largest absolute Gasteiger partial charge is 0.488 e. The van der Waals surface area contributed by atoms with Crippen molar-refractivity contribution in [2.45, 2.75) is 31.4 Å². The van der Waals surface area contributed by atoms with E-state index in [9.17, 15) is 4.39 Å². The fourth-order valence-electron chi connectivity index (χ4n) is 2.63. The van der Waals surface area contributed by atoms with Crippen molar-refractivity contribution in [3.05, 3.63) is 29.6 Å². The Morgan fingerprint density at radius 3 is 2.89 bits per heavy atom. The minimum atomic E-state index is -0.200. The average molecular weight is 288 g/mol. The third kappa shape index (κ3) is 3.38. The highest BCUT2D eigenvalue weighted by atomic mass is 35.5. The molecular weight excluding hydrogens is 269 g/mol. The Morgan fingerprint density at radius 1 is 1.32 bits per heavy atom. The van der Waals surface area contributed by atoms with Gasteiger partial charge >= 0.3 is 0 Å². The molecule has 19 heavy (non-hydrogen) atoms. The molecule has 0 spiro atoms. The van der Waals surface area contributed by atoms with Crippen LogP contribution in [-0.2, 0) is 4.74 Å². The second-order valence-corrected chi connectivity index (χ2v) is 4.93. The van der Waals surface area contributed by atoms with Crippen molar-refractivity contribution >= 4 is 12.4 Å². The first-order valence-corrected chi connectivity index (χ1v) is 6.60. The lowest BCUT2D eigenvalue weighted by molar-refractivity contribution is 0.140. The highest BCUT2D eigenvalue weighted by Crippen LogP contribution is 2.32. The van der Waals surface area contributed by atoms with Crippen LogP contribution in [0.25, 0.3) is 0 Å². The third-order valence-corrected chi connectivity index (χ3v) is 3.59. The van der Waals surface area contributed by atoms with E-state index in [1.54, 1.807) is 12.1 Å². The van der Waals surface area contributed by atoms with E-state index in [0.29, 0.717) is 6.61 Å². The Balaban J connectivity index is 0.00000133. The van der Waals surface area contributed by atoms with Gasteiger partial charge in [-0.15, -0.1) is 12.4 Å². The number of benzene rings is 1. The average Bonchev–Trinajstić information content (AvgIpc) is 3.04. The first-order chi connectivity index (χ1) is 8.83. The monoisotopic (exact) mass is 287 g/mol. The molecule has 0 aliphatic carbocycles. The van der Waals surface area contributed by atoms with Crippen molar-refractivity contribution in [3.8, 4) is 5.75 Å². The minimum absolute atomic E-state index is 0. The lowest BCUT2D eigenvalue weighted by atomic mass is 10.0. The van der Waals surface area contributed by atoms with Crippen LogP contribution in [0.4, 0.5) is 4.39 Å². The zero-order valence-electron chi connectivity index (χ0n) is 10.7. The summed E-state index contributed by atoms with van der Waals surface area (Å²) in [7, 11) is 0. The van der Waals surface area contributed by atoms with Crippen LogP contribution >= 0.6 is 12.4 Å². The zero-order valence-corrected chi connectivity index (χ0v) is 11.5. The normalized spacial score (nSPS) is 26.2. The molecule has 2 aliphatic rings. The maximum atomic E-state index is 13.4. The standard InChI is InChI=1S/C14H18FNO2.ClH/c15-10-3-4-14(18-11-5-7-17-9-11)12(8-10)13-2-1-6-16-13;/h3-4,8,11,13,16H,1-2,5-7,9H2;1H. The van der Waals surface area contributed by atoms with Gasteiger partial charge in [-0.1, -0.05) is 0 Å². The van der Waals surface area contributed by atoms with Crippen LogP contribution in [0.3, 0.4) is 0 Å². The molecule has 0 radical (unpaired) electrons. The summed E-state index contributed by atoms with van der Waals surface area (Å²) in [5, 5.41) is 3.39. The zero-order chi connectivity index (χ0) is 12.4. The van der Waals surface area contributed by atoms with Crippen molar-refractivity contribution in [1.82, 2.24) is 5.32 Å². The van der Waals surface area contributed by atoms with Gasteiger partial charge < -0.3 is 14.8 Å². The molecule has 0 saturated carbocycles. The first kappa shape index (κ1) is 14.6. The molecule has 2 unspecified atom stereocenters. The van der Waals surface area contributed by atoms with Crippen LogP contribution in [-0.4, -0.2) is 25.9 Å². The van der Waals surface area contributed by atoms with Gasteiger partial charge in [0.1, 0.15) is 17.7 Å². The van der Waals surface area contributed by atoms with E-state index in [-0.39, 0.29) is 30.4 Å². The topological polar surface area (TPSA) is 30.5 Å². The summed E-state index contributed by atoms with van der Waals surface area (Å²) in [5.74, 6) is 0.597. The Bertz CT molecular complexity index is 418. The van der Waals surface area contributed by atoms with E-state index in [1.807, 2.05) is 0 Å². The van der Waals surface area contributed by atoms with Gasteiger partial charge in [0.25, 0.3) is 0 Å². The van der Waals surface area contributed by atoms with Gasteiger partial charge in [0.05, 0.1) is 13.2 Å². The molecule has 2 saturated heterocycles. The lowest BCUT2D eigenvalue weighted by Crippen LogP contribution is -2.19. The van der Waals surface area contributed by atoms with Gasteiger partial charge in [0, 0.05) is 18.0 Å². The summed E-state index contributed by atoms with van der Waals surface area (Å²) >= 11 is 0. The Hall–Kier alpha value is -0.840. The Labute approximate surface area is 118 Å². The summed E-state index contributed by atoms with van der Waals surface area (Å²) in [5.41, 5.74) is 0.944. The number of rotatable bonds is 3. The van der Waals surface area contributed by atoms with Crippen molar-refractivity contribution in [1.29, 1.82) is 0 Å². The molecule has 2 fully saturated rings. The van der Waals surface area contributed by atoms with E-state index in [2.05, 4.69) is 5.32 Å². The number of hydrogen-bond donors (Lipinski definition) is 1. The molecular formula is C14H19ClFNO2. The quantitative estimate of drug-likeness (QED) is 0.927. The summed E-state index contributed by atoms with van der Waals surface area (Å²) in [6, 6.07) is 5.01. The van der Waals surface area contributed by atoms with Gasteiger partial charge in [0.2, 0.25) is 0 Å². The van der Waals surface area contributed by atoms with Gasteiger partial charge in [0.15, 0.2) is 0 Å². The van der Waals surface area contributed by atoms with E-state index in [1.165, 1.54) is 6.07 Å². The molecule has 0 amide bonds. The number of nitrogens with one attached hydrogen (secondary N) is 1. The smallest absolute Gasteiger partial charge is 0.124 e. The second-order valence-electron chi connectivity index (χ2n) is 4.93. The van der Waals surface area contributed by atoms with Gasteiger partial charge in [-0.3, -0.25) is 0 Å². The molecule has 1 aromatic rings. The SMILES string of the molecule is Cl.Fc1ccc(OC2CCOC2)c(C2CCCN2)c1. The molecule has 2 heterocycles. The lowest BCUT2D eigenvalue weighted by Gasteiger charge is -2.19. The predicted molar refractivity (Wildman–Crippen MR) is 73.5 cm³/mol. The number of hydrogen-bond acceptors (Lipinski definition) is 3. The van der Waals surface area contributed by atoms with Gasteiger partial charge in [-0.25, -0.2) is 4.39 Å². The number of ether oxygens (including phenoxy) is 2. The van der Waals surface area contributed by atoms with Crippen LogP contribution in [0.15, 0.2) is 18.2 Å². The summed E-state index contributed by atoms with van der Waals surface area (Å²) in [6.45, 7) is 2.38. The molecule has 1 aromatic carbocycles. The van der Waals surface area contributed by atoms with Crippen LogP contribution in [0.1, 0.15) is 30.9 Å². The highest BCUT2D eigenvalue weighted by Gasteiger charge is 2.23. The maximum Gasteiger partial charge on any atom is 0.124 e. The summed E-state index contributed by atoms with van der Waals surface area (Å²) in [4.78, 5) is 0. The van der Waals surface area contributed by atoms with Crippen molar-refractivity contribution in [2.24, 2.45) is 0 Å². The maximum absolute atomic E-state index is 13.4. The van der Waals surface area contributed by atoms with E-state index >= 15 is 0 Å². The van der Waals surface area contributed by atoms with E-state index in [0.717, 1.165) is 43.7 Å². The summed E-state index contributed by atoms with van der Waals surface area (Å²) < 4.78 is 24.7. The van der Waals surface area contributed by atoms with E-state index in [4.69, 9.17) is 9.47 Å². The van der Waals surface area contributed by atoms with Crippen LogP contribution in [0, 0.1) is 5.82 Å². The highest BCUT2D eigenvalue weighted by molar-refractivity contribution is 5.85. The third-order valence-electron chi connectivity index (χ3n) is 3.59. The van der Waals surface area contributed by atoms with Gasteiger partial charge in [-0.2, -0.15) is 0 Å². The Kier molecular flexibility index (Phi) is 5.02. The fourth-order valence-corrected chi connectivity index (χ4v) is 2.63. The fraction of sp³-hybridized carbons (Fsp3) is 0.571. The molecule has 2 atom stereocenters. The minimum Gasteiger partial charge on any atom is -0.488 e. The van der Waals surface area contributed by atoms with Crippen LogP contribution in [0.2, 0.25) is 0 Å². The van der Waals surface area contributed by atoms with Crippen LogP contribution < -0.4 is 10.1 Å². The Morgan fingerprint density at radius 2 is 2.21 bits per heavy atom. The summed E-state index contributed by atoms with van der Waals surface area (Å²) in [6.07, 6.45) is 3.19. The van der Waals surface area contributed by atoms with E-state index < -0.39 is 0 Å². The van der Waals surface area contributed by atoms with Crippen molar-refractivity contribution in [3.63, 3.8) is 0 Å². The molecule has 106 valence electrons. The van der Waals surface area contributed by atoms with Crippen molar-refractivity contribution in [2.75, 3.05) is 19.8 Å². The van der Waals surface area contributed by atoms with Crippen molar-refractivity contribution < 1.29 is 13.9 Å². The molecule has 3 rings (SSSR count). The second kappa shape index (κ2) is 6.55. The van der Waals surface area contributed by atoms with Gasteiger partial charge in [-0.05, 0) is 37.6 Å². The first-order valence-electron chi connectivity index (χ1n) is 6.60. The molecule has 0 aromatic heterocycles. The molecule has 2 aliphatic heterocycles. The molecule has 0 bridgehead atoms. The molecule has 1 N–H and O–H groups in total. The number of halogens is 2. The molecule has 5 heteroatoms. The molecule has 3 nitrogen and oxygen atoms in total. The van der Waals surface area contributed by atoms with Crippen LogP contribution in [0.5, 0.6) is 5.75 Å². The predicted octanol–water partition coefficient (Wildman–Crippen LogP) is 2.84.